The minimum atomic E-state index is -0.0409. The number of aliphatic imine (C=N–C) groups is 2. The van der Waals surface area contributed by atoms with Crippen LogP contribution in [0.3, 0.4) is 0 Å². The van der Waals surface area contributed by atoms with Crippen LogP contribution in [0.2, 0.25) is 0 Å². The van der Waals surface area contributed by atoms with Crippen LogP contribution >= 0.6 is 0 Å². The number of nitrogens with zero attached hydrogens (tertiary/aromatic N) is 2. The first kappa shape index (κ1) is 51.3. The molecule has 0 saturated heterocycles. The second kappa shape index (κ2) is 31.5. The Morgan fingerprint density at radius 2 is 0.734 bits per heavy atom. The fourth-order valence-electron chi connectivity index (χ4n) is 5.97. The quantitative estimate of drug-likeness (QED) is 0.0398. The lowest BCUT2D eigenvalue weighted by atomic mass is 10.0. The van der Waals surface area contributed by atoms with Crippen molar-refractivity contribution in [2.75, 3.05) is 147 Å². The van der Waals surface area contributed by atoms with Gasteiger partial charge in [-0.3, -0.25) is 9.98 Å². The Kier molecular flexibility index (Phi) is 25.3. The fourth-order valence-corrected chi connectivity index (χ4v) is 5.97. The van der Waals surface area contributed by atoms with Gasteiger partial charge >= 0.3 is 0 Å². The monoisotopic (exact) mass is 892 g/mol. The molecule has 2 N–H and O–H groups in total. The maximum absolute atomic E-state index is 11.0. The second-order valence-corrected chi connectivity index (χ2v) is 13.7. The lowest BCUT2D eigenvalue weighted by Crippen LogP contribution is -2.13. The van der Waals surface area contributed by atoms with Gasteiger partial charge in [0.25, 0.3) is 0 Å². The van der Waals surface area contributed by atoms with Crippen molar-refractivity contribution < 1.29 is 67.1 Å². The minimum absolute atomic E-state index is 0.0409. The molecule has 0 amide bonds. The molecular formula is C48H64N2O14. The number of aromatic hydroxyl groups is 2. The molecule has 350 valence electrons. The molecule has 4 aromatic rings. The third-order valence-electron chi connectivity index (χ3n) is 9.19. The molecule has 4 rings (SSSR count). The van der Waals surface area contributed by atoms with E-state index in [2.05, 4.69) is 9.98 Å². The predicted molar refractivity (Wildman–Crippen MR) is 245 cm³/mol. The molecule has 0 heterocycles. The summed E-state index contributed by atoms with van der Waals surface area (Å²) in [7, 11) is 6.26. The van der Waals surface area contributed by atoms with E-state index >= 15 is 0 Å². The molecule has 0 aliphatic rings. The van der Waals surface area contributed by atoms with E-state index in [0.29, 0.717) is 153 Å². The van der Waals surface area contributed by atoms with Gasteiger partial charge in [-0.15, -0.1) is 0 Å². The average Bonchev–Trinajstić information content (AvgIpc) is 3.32. The highest BCUT2D eigenvalue weighted by molar-refractivity contribution is 5.90. The van der Waals surface area contributed by atoms with Crippen molar-refractivity contribution in [1.82, 2.24) is 0 Å². The maximum atomic E-state index is 11.0. The van der Waals surface area contributed by atoms with Crippen LogP contribution in [0.25, 0.3) is 22.3 Å². The number of hydrogen-bond donors (Lipinski definition) is 2. The SMILES string of the molecule is COCCOCCOCCOCCOc1ccccc1-c1cc(C=NCCN=Cc2cc(-c3ccccc3OCCOCCOCCOCCOC)cc(OC)c2O)c(O)c(OC)c1. The molecule has 4 aromatic carbocycles. The second-order valence-electron chi connectivity index (χ2n) is 13.7. The van der Waals surface area contributed by atoms with Crippen molar-refractivity contribution in [3.05, 3.63) is 83.9 Å². The highest BCUT2D eigenvalue weighted by Gasteiger charge is 2.15. The van der Waals surface area contributed by atoms with Crippen molar-refractivity contribution in [2.24, 2.45) is 9.98 Å². The van der Waals surface area contributed by atoms with Crippen molar-refractivity contribution >= 4 is 12.4 Å². The number of ether oxygens (including phenoxy) is 12. The number of para-hydroxylation sites is 2. The Bertz CT molecular complexity index is 1820. The molecule has 16 heteroatoms. The molecule has 0 fully saturated rings. The lowest BCUT2D eigenvalue weighted by molar-refractivity contribution is 0.000184. The van der Waals surface area contributed by atoms with Gasteiger partial charge in [0.05, 0.1) is 120 Å². The number of rotatable bonds is 35. The van der Waals surface area contributed by atoms with Gasteiger partial charge in [-0.05, 0) is 47.5 Å². The largest absolute Gasteiger partial charge is 0.504 e. The van der Waals surface area contributed by atoms with Crippen LogP contribution in [-0.2, 0) is 37.9 Å². The molecule has 64 heavy (non-hydrogen) atoms. The van der Waals surface area contributed by atoms with Crippen LogP contribution in [0.1, 0.15) is 11.1 Å². The summed E-state index contributed by atoms with van der Waals surface area (Å²) in [5, 5.41) is 22.0. The Morgan fingerprint density at radius 1 is 0.406 bits per heavy atom. The Hall–Kier alpha value is -5.30. The Labute approximate surface area is 376 Å². The summed E-state index contributed by atoms with van der Waals surface area (Å²) < 4.78 is 66.2. The van der Waals surface area contributed by atoms with Crippen LogP contribution in [0.4, 0.5) is 0 Å². The van der Waals surface area contributed by atoms with Crippen molar-refractivity contribution in [3.8, 4) is 56.8 Å². The summed E-state index contributed by atoms with van der Waals surface area (Å²) in [4.78, 5) is 9.06. The van der Waals surface area contributed by atoms with E-state index in [1.807, 2.05) is 60.7 Å². The van der Waals surface area contributed by atoms with Crippen LogP contribution < -0.4 is 18.9 Å². The first-order valence-electron chi connectivity index (χ1n) is 21.2. The molecule has 0 spiro atoms. The molecule has 0 radical (unpaired) electrons. The van der Waals surface area contributed by atoms with Gasteiger partial charge in [0.1, 0.15) is 24.7 Å². The van der Waals surface area contributed by atoms with E-state index in [1.165, 1.54) is 14.2 Å². The molecule has 0 aliphatic carbocycles. The van der Waals surface area contributed by atoms with Gasteiger partial charge in [0, 0.05) is 48.9 Å². The fraction of sp³-hybridized carbons (Fsp3) is 0.458. The van der Waals surface area contributed by atoms with E-state index < -0.39 is 0 Å². The Balaban J connectivity index is 1.29. The summed E-state index contributed by atoms with van der Waals surface area (Å²) in [6, 6.07) is 22.4. The topological polar surface area (TPSA) is 176 Å². The van der Waals surface area contributed by atoms with Crippen molar-refractivity contribution in [1.29, 1.82) is 0 Å². The number of methoxy groups -OCH3 is 4. The first-order valence-corrected chi connectivity index (χ1v) is 21.2. The van der Waals surface area contributed by atoms with Gasteiger partial charge in [0.2, 0.25) is 0 Å². The molecule has 0 bridgehead atoms. The number of phenolic OH excluding ortho intramolecular Hbond substituents is 2. The highest BCUT2D eigenvalue weighted by Crippen LogP contribution is 2.39. The third kappa shape index (κ3) is 18.4. The van der Waals surface area contributed by atoms with E-state index in [4.69, 9.17) is 56.8 Å². The van der Waals surface area contributed by atoms with E-state index in [-0.39, 0.29) is 11.5 Å². The predicted octanol–water partition coefficient (Wildman–Crippen LogP) is 6.14. The van der Waals surface area contributed by atoms with Crippen LogP contribution in [0, 0.1) is 0 Å². The summed E-state index contributed by atoms with van der Waals surface area (Å²) in [5.74, 6) is 1.81. The summed E-state index contributed by atoms with van der Waals surface area (Å²) in [5.41, 5.74) is 4.10. The molecule has 0 unspecified atom stereocenters. The summed E-state index contributed by atoms with van der Waals surface area (Å²) in [6.07, 6.45) is 3.17. The van der Waals surface area contributed by atoms with Gasteiger partial charge in [-0.25, -0.2) is 0 Å². The lowest BCUT2D eigenvalue weighted by Gasteiger charge is -2.14. The van der Waals surface area contributed by atoms with E-state index in [0.717, 1.165) is 22.3 Å². The van der Waals surface area contributed by atoms with Crippen molar-refractivity contribution in [3.63, 3.8) is 0 Å². The zero-order valence-corrected chi connectivity index (χ0v) is 37.5. The minimum Gasteiger partial charge on any atom is -0.504 e. The zero-order valence-electron chi connectivity index (χ0n) is 37.5. The molecule has 0 saturated carbocycles. The van der Waals surface area contributed by atoms with Gasteiger partial charge in [-0.2, -0.15) is 0 Å². The van der Waals surface area contributed by atoms with Crippen LogP contribution in [-0.4, -0.2) is 170 Å². The molecule has 16 nitrogen and oxygen atoms in total. The van der Waals surface area contributed by atoms with E-state index in [9.17, 15) is 10.2 Å². The van der Waals surface area contributed by atoms with Gasteiger partial charge in [0.15, 0.2) is 23.0 Å². The van der Waals surface area contributed by atoms with Gasteiger partial charge in [-0.1, -0.05) is 36.4 Å². The van der Waals surface area contributed by atoms with Gasteiger partial charge < -0.3 is 67.1 Å². The zero-order chi connectivity index (χ0) is 45.5. The molecular weight excluding hydrogens is 829 g/mol. The normalized spacial score (nSPS) is 11.5. The molecule has 0 aliphatic heterocycles. The Morgan fingerprint density at radius 3 is 1.08 bits per heavy atom. The van der Waals surface area contributed by atoms with E-state index in [1.54, 1.807) is 38.8 Å². The van der Waals surface area contributed by atoms with Crippen LogP contribution in [0.15, 0.2) is 82.8 Å². The summed E-state index contributed by atoms with van der Waals surface area (Å²) >= 11 is 0. The van der Waals surface area contributed by atoms with Crippen LogP contribution in [0.5, 0.6) is 34.5 Å². The average molecular weight is 893 g/mol. The third-order valence-corrected chi connectivity index (χ3v) is 9.19. The first-order chi connectivity index (χ1) is 31.5. The highest BCUT2D eigenvalue weighted by atomic mass is 16.6. The number of phenols is 2. The molecule has 0 aromatic heterocycles. The number of hydrogen-bond acceptors (Lipinski definition) is 16. The smallest absolute Gasteiger partial charge is 0.166 e. The van der Waals surface area contributed by atoms with Crippen molar-refractivity contribution in [2.45, 2.75) is 0 Å². The standard InChI is InChI=1S/C48H64N2O14/c1-53-15-17-57-19-21-59-23-25-61-27-29-63-43-11-7-5-9-41(43)37-31-39(47(51)45(33-37)55-3)35-49-13-14-50-36-40-32-38(34-46(56-4)48(40)52)42-10-6-8-12-44(42)64-30-28-62-26-24-60-22-20-58-18-16-54-2/h5-12,31-36,51-52H,13-30H2,1-4H3. The summed E-state index contributed by atoms with van der Waals surface area (Å²) in [6.45, 7) is 8.00. The maximum Gasteiger partial charge on any atom is 0.166 e. The molecule has 0 atom stereocenters. The number of benzene rings is 4.